The van der Waals surface area contributed by atoms with Crippen molar-refractivity contribution >= 4 is 11.9 Å². The Morgan fingerprint density at radius 3 is 1.12 bits per heavy atom. The standard InChI is InChI=1S/C62H111NO5/c1-4-7-10-13-16-19-22-25-28-30-32-34-37-40-43-46-49-52-55-62(67)68-58(53-50-47-44-41-38-35-33-31-29-26-23-20-17-14-11-8-5-2)56-61(66)63-59(57-64)60(65)54-51-48-45-42-39-36-27-24-21-18-15-12-9-6-3/h8,11,17,20,26,29,33,35,41,44,50,53,58-60,64-65H,4-7,9-10,12-16,18-19,21-25,27-28,30-32,34,36-40,42-43,45-49,51-52,54-57H2,1-3H3,(H,63,66)/b11-8-,20-17-,29-26-,35-33-,44-41-,53-50-. The summed E-state index contributed by atoms with van der Waals surface area (Å²) >= 11 is 0. The van der Waals surface area contributed by atoms with Crippen molar-refractivity contribution < 1.29 is 24.5 Å². The largest absolute Gasteiger partial charge is 0.458 e. The van der Waals surface area contributed by atoms with Gasteiger partial charge in [0.05, 0.1) is 25.2 Å². The highest BCUT2D eigenvalue weighted by Gasteiger charge is 2.23. The van der Waals surface area contributed by atoms with Gasteiger partial charge >= 0.3 is 5.97 Å². The van der Waals surface area contributed by atoms with E-state index in [1.54, 1.807) is 0 Å². The van der Waals surface area contributed by atoms with E-state index in [1.165, 1.54) is 167 Å². The highest BCUT2D eigenvalue weighted by Crippen LogP contribution is 2.17. The van der Waals surface area contributed by atoms with E-state index in [4.69, 9.17) is 4.74 Å². The second-order valence-electron chi connectivity index (χ2n) is 19.7. The monoisotopic (exact) mass is 950 g/mol. The molecule has 0 saturated carbocycles. The lowest BCUT2D eigenvalue weighted by molar-refractivity contribution is -0.148. The minimum absolute atomic E-state index is 0.0465. The molecule has 0 spiro atoms. The van der Waals surface area contributed by atoms with Gasteiger partial charge in [0, 0.05) is 6.42 Å². The molecule has 0 bridgehead atoms. The smallest absolute Gasteiger partial charge is 0.306 e. The third-order valence-corrected chi connectivity index (χ3v) is 13.0. The van der Waals surface area contributed by atoms with Crippen LogP contribution in [0.15, 0.2) is 72.9 Å². The average Bonchev–Trinajstić information content (AvgIpc) is 3.33. The van der Waals surface area contributed by atoms with Crippen LogP contribution in [0.2, 0.25) is 0 Å². The van der Waals surface area contributed by atoms with E-state index in [9.17, 15) is 19.8 Å². The molecule has 0 saturated heterocycles. The molecule has 0 aliphatic carbocycles. The molecule has 394 valence electrons. The summed E-state index contributed by atoms with van der Waals surface area (Å²) in [6.07, 6.45) is 71.4. The predicted octanol–water partition coefficient (Wildman–Crippen LogP) is 18.1. The number of nitrogens with one attached hydrogen (secondary N) is 1. The molecule has 0 aromatic heterocycles. The molecule has 0 aromatic rings. The maximum Gasteiger partial charge on any atom is 0.306 e. The second kappa shape index (κ2) is 55.2. The fourth-order valence-corrected chi connectivity index (χ4v) is 8.66. The van der Waals surface area contributed by atoms with Crippen LogP contribution in [-0.2, 0) is 14.3 Å². The lowest BCUT2D eigenvalue weighted by Crippen LogP contribution is -2.46. The first-order valence-electron chi connectivity index (χ1n) is 29.2. The van der Waals surface area contributed by atoms with Gasteiger partial charge in [-0.2, -0.15) is 0 Å². The Bertz CT molecular complexity index is 1250. The van der Waals surface area contributed by atoms with E-state index < -0.39 is 18.2 Å². The van der Waals surface area contributed by atoms with Gasteiger partial charge in [-0.1, -0.05) is 287 Å². The van der Waals surface area contributed by atoms with Gasteiger partial charge in [-0.3, -0.25) is 9.59 Å². The Morgan fingerprint density at radius 1 is 0.441 bits per heavy atom. The Labute approximate surface area is 421 Å². The van der Waals surface area contributed by atoms with Crippen LogP contribution in [0, 0.1) is 0 Å². The first-order valence-corrected chi connectivity index (χ1v) is 29.2. The maximum atomic E-state index is 13.2. The number of aliphatic hydroxyl groups is 2. The Balaban J connectivity index is 4.69. The summed E-state index contributed by atoms with van der Waals surface area (Å²) in [6, 6.07) is -0.745. The zero-order valence-electron chi connectivity index (χ0n) is 45.0. The van der Waals surface area contributed by atoms with Crippen LogP contribution in [0.4, 0.5) is 0 Å². The number of hydrogen-bond donors (Lipinski definition) is 3. The van der Waals surface area contributed by atoms with Gasteiger partial charge < -0.3 is 20.3 Å². The molecular weight excluding hydrogens is 839 g/mol. The summed E-state index contributed by atoms with van der Waals surface area (Å²) in [6.45, 7) is 6.36. The number of allylic oxidation sites excluding steroid dienone is 11. The van der Waals surface area contributed by atoms with E-state index in [1.807, 2.05) is 12.2 Å². The number of esters is 1. The molecule has 0 radical (unpaired) electrons. The minimum Gasteiger partial charge on any atom is -0.458 e. The van der Waals surface area contributed by atoms with Crippen LogP contribution >= 0.6 is 0 Å². The number of rotatable bonds is 52. The third kappa shape index (κ3) is 49.7. The molecule has 0 aliphatic rings. The van der Waals surface area contributed by atoms with Crippen molar-refractivity contribution in [1.29, 1.82) is 0 Å². The molecule has 0 heterocycles. The second-order valence-corrected chi connectivity index (χ2v) is 19.7. The van der Waals surface area contributed by atoms with Crippen LogP contribution in [0.25, 0.3) is 0 Å². The molecule has 3 unspecified atom stereocenters. The Morgan fingerprint density at radius 2 is 0.765 bits per heavy atom. The summed E-state index contributed by atoms with van der Waals surface area (Å²) < 4.78 is 5.86. The number of carbonyl (C=O) groups is 2. The third-order valence-electron chi connectivity index (χ3n) is 13.0. The lowest BCUT2D eigenvalue weighted by atomic mass is 10.0. The molecule has 3 N–H and O–H groups in total. The molecule has 3 atom stereocenters. The van der Waals surface area contributed by atoms with Gasteiger partial charge in [0.25, 0.3) is 0 Å². The zero-order chi connectivity index (χ0) is 49.5. The molecule has 68 heavy (non-hydrogen) atoms. The molecule has 1 amide bonds. The minimum atomic E-state index is -0.822. The summed E-state index contributed by atoms with van der Waals surface area (Å²) in [5.41, 5.74) is 0. The average molecular weight is 951 g/mol. The van der Waals surface area contributed by atoms with Gasteiger partial charge in [0.15, 0.2) is 0 Å². The fraction of sp³-hybridized carbons (Fsp3) is 0.774. The van der Waals surface area contributed by atoms with Crippen LogP contribution in [0.3, 0.4) is 0 Å². The Hall–Kier alpha value is -2.70. The van der Waals surface area contributed by atoms with Gasteiger partial charge in [-0.25, -0.2) is 0 Å². The van der Waals surface area contributed by atoms with Crippen molar-refractivity contribution in [3.8, 4) is 0 Å². The van der Waals surface area contributed by atoms with Crippen LogP contribution in [0.1, 0.15) is 284 Å². The van der Waals surface area contributed by atoms with E-state index in [0.29, 0.717) is 19.3 Å². The van der Waals surface area contributed by atoms with Gasteiger partial charge in [-0.05, 0) is 57.4 Å². The summed E-state index contributed by atoms with van der Waals surface area (Å²) in [5, 5.41) is 23.8. The normalized spacial score (nSPS) is 13.7. The first kappa shape index (κ1) is 65.3. The SMILES string of the molecule is CC/C=C\C/C=C\C/C=C\C/C=C\C/C=C\C/C=C\C(CC(=O)NC(CO)C(O)CCCCCCCCCCCCCCCC)OC(=O)CCCCCCCCCCCCCCCCCCCC. The molecule has 0 fully saturated rings. The molecule has 0 rings (SSSR count). The predicted molar refractivity (Wildman–Crippen MR) is 296 cm³/mol. The van der Waals surface area contributed by atoms with Crippen molar-refractivity contribution in [3.63, 3.8) is 0 Å². The highest BCUT2D eigenvalue weighted by atomic mass is 16.5. The van der Waals surface area contributed by atoms with Gasteiger partial charge in [0.2, 0.25) is 5.91 Å². The van der Waals surface area contributed by atoms with Crippen LogP contribution in [0.5, 0.6) is 0 Å². The van der Waals surface area contributed by atoms with E-state index in [0.717, 1.165) is 70.6 Å². The highest BCUT2D eigenvalue weighted by molar-refractivity contribution is 5.78. The zero-order valence-corrected chi connectivity index (χ0v) is 45.0. The molecule has 6 heteroatoms. The van der Waals surface area contributed by atoms with E-state index in [-0.39, 0.29) is 24.9 Å². The summed E-state index contributed by atoms with van der Waals surface area (Å²) in [5.74, 6) is -0.620. The molecule has 6 nitrogen and oxygen atoms in total. The number of ether oxygens (including phenoxy) is 1. The Kier molecular flexibility index (Phi) is 53.0. The van der Waals surface area contributed by atoms with E-state index >= 15 is 0 Å². The summed E-state index contributed by atoms with van der Waals surface area (Å²) in [7, 11) is 0. The number of aliphatic hydroxyl groups excluding tert-OH is 2. The fourth-order valence-electron chi connectivity index (χ4n) is 8.66. The van der Waals surface area contributed by atoms with Crippen LogP contribution < -0.4 is 5.32 Å². The quantitative estimate of drug-likeness (QED) is 0.0321. The maximum absolute atomic E-state index is 13.2. The number of unbranched alkanes of at least 4 members (excludes halogenated alkanes) is 30. The molecule has 0 aromatic carbocycles. The van der Waals surface area contributed by atoms with Crippen molar-refractivity contribution in [1.82, 2.24) is 5.32 Å². The molecular formula is C62H111NO5. The molecule has 0 aliphatic heterocycles. The van der Waals surface area contributed by atoms with Gasteiger partial charge in [-0.15, -0.1) is 0 Å². The summed E-state index contributed by atoms with van der Waals surface area (Å²) in [4.78, 5) is 26.2. The van der Waals surface area contributed by atoms with Gasteiger partial charge in [0.1, 0.15) is 6.10 Å². The van der Waals surface area contributed by atoms with Crippen LogP contribution in [-0.4, -0.2) is 46.9 Å². The number of amides is 1. The lowest BCUT2D eigenvalue weighted by Gasteiger charge is -2.23. The first-order chi connectivity index (χ1) is 33.5. The van der Waals surface area contributed by atoms with Crippen molar-refractivity contribution in [2.75, 3.05) is 6.61 Å². The van der Waals surface area contributed by atoms with Crippen molar-refractivity contribution in [2.24, 2.45) is 0 Å². The number of hydrogen-bond acceptors (Lipinski definition) is 5. The van der Waals surface area contributed by atoms with Crippen molar-refractivity contribution in [2.45, 2.75) is 302 Å². The topological polar surface area (TPSA) is 95.9 Å². The number of carbonyl (C=O) groups excluding carboxylic acids is 2. The van der Waals surface area contributed by atoms with Crippen molar-refractivity contribution in [3.05, 3.63) is 72.9 Å². The van der Waals surface area contributed by atoms with E-state index in [2.05, 4.69) is 86.8 Å².